The van der Waals surface area contributed by atoms with Crippen LogP contribution in [-0.4, -0.2) is 64.6 Å². The Balaban J connectivity index is 0.00000274. The number of hydrogen-bond donors (Lipinski definition) is 1. The molecule has 1 N–H and O–H groups in total. The van der Waals surface area contributed by atoms with Gasteiger partial charge in [-0.15, -0.1) is 0 Å². The first kappa shape index (κ1) is 21.8. The van der Waals surface area contributed by atoms with Crippen LogP contribution in [0.25, 0.3) is 26.4 Å². The van der Waals surface area contributed by atoms with Gasteiger partial charge in [0.25, 0.3) is 5.91 Å². The zero-order valence-corrected chi connectivity index (χ0v) is 19.3. The number of piperidine rings is 1. The first-order valence-electron chi connectivity index (χ1n) is 11.2. The third-order valence-corrected chi connectivity index (χ3v) is 7.11. The number of fused-ring (bicyclic) bond motifs is 3. The van der Waals surface area contributed by atoms with Crippen molar-refractivity contribution in [1.29, 1.82) is 0 Å². The van der Waals surface area contributed by atoms with E-state index in [9.17, 15) is 9.18 Å². The first-order valence-corrected chi connectivity index (χ1v) is 12.0. The van der Waals surface area contributed by atoms with Crippen LogP contribution in [-0.2, 0) is 0 Å². The summed E-state index contributed by atoms with van der Waals surface area (Å²) in [7, 11) is 1.58. The van der Waals surface area contributed by atoms with Crippen LogP contribution in [0, 0.1) is 0 Å². The Morgan fingerprint density at radius 2 is 2.09 bits per heavy atom. The first-order chi connectivity index (χ1) is 16.1. The minimum absolute atomic E-state index is 0. The highest BCUT2D eigenvalue weighted by atomic mass is 32.1. The second-order valence-corrected chi connectivity index (χ2v) is 9.27. The zero-order valence-electron chi connectivity index (χ0n) is 18.5. The Morgan fingerprint density at radius 3 is 2.85 bits per heavy atom. The number of carbonyl (C=O) groups is 1. The molecule has 33 heavy (non-hydrogen) atoms. The number of amides is 1. The Kier molecular flexibility index (Phi) is 6.24. The van der Waals surface area contributed by atoms with Crippen molar-refractivity contribution in [3.63, 3.8) is 0 Å². The Bertz CT molecular complexity index is 1270. The normalized spacial score (nSPS) is 15.3. The number of imidazole rings is 1. The molecule has 0 bridgehead atoms. The molecule has 1 saturated heterocycles. The minimum Gasteiger partial charge on any atom is -0.496 e. The van der Waals surface area contributed by atoms with Gasteiger partial charge in [0.15, 0.2) is 4.96 Å². The van der Waals surface area contributed by atoms with Crippen molar-refractivity contribution in [2.45, 2.75) is 25.4 Å². The summed E-state index contributed by atoms with van der Waals surface area (Å²) in [5, 5.41) is 3.00. The number of pyridine rings is 1. The number of hydrogen-bond acceptors (Lipinski definition) is 6. The summed E-state index contributed by atoms with van der Waals surface area (Å²) in [4.78, 5) is 24.8. The summed E-state index contributed by atoms with van der Waals surface area (Å²) in [5.74, 6) is 0.378. The molecule has 0 spiro atoms. The lowest BCUT2D eigenvalue weighted by atomic mass is 10.1. The summed E-state index contributed by atoms with van der Waals surface area (Å²) in [6, 6.07) is 7.63. The number of halogens is 1. The van der Waals surface area contributed by atoms with E-state index in [0.29, 0.717) is 30.7 Å². The third-order valence-electron chi connectivity index (χ3n) is 6.09. The second-order valence-electron chi connectivity index (χ2n) is 8.26. The topological polar surface area (TPSA) is 71.8 Å². The van der Waals surface area contributed by atoms with Gasteiger partial charge in [-0.25, -0.2) is 9.37 Å². The monoisotopic (exact) mass is 469 g/mol. The number of nitrogens with zero attached hydrogens (tertiary/aromatic N) is 4. The van der Waals surface area contributed by atoms with Gasteiger partial charge in [-0.2, -0.15) is 0 Å². The maximum atomic E-state index is 13.3. The lowest BCUT2D eigenvalue weighted by Crippen LogP contribution is -2.36. The smallest absolute Gasteiger partial charge is 0.255 e. The van der Waals surface area contributed by atoms with Gasteiger partial charge in [-0.05, 0) is 44.0 Å². The maximum Gasteiger partial charge on any atom is 0.255 e. The number of ether oxygens (including phenoxy) is 1. The number of methoxy groups -OCH3 is 1. The van der Waals surface area contributed by atoms with Gasteiger partial charge in [0, 0.05) is 51.3 Å². The van der Waals surface area contributed by atoms with E-state index in [1.165, 1.54) is 11.3 Å². The molecule has 1 aliphatic heterocycles. The molecule has 0 unspecified atom stereocenters. The van der Waals surface area contributed by atoms with Gasteiger partial charge in [-0.3, -0.25) is 14.2 Å². The number of carbonyl (C=O) groups excluding carboxylic acids is 1. The van der Waals surface area contributed by atoms with E-state index in [2.05, 4.69) is 15.2 Å². The van der Waals surface area contributed by atoms with Gasteiger partial charge in [-0.1, -0.05) is 11.3 Å². The number of nitrogens with one attached hydrogen (secondary N) is 1. The Morgan fingerprint density at radius 1 is 1.30 bits per heavy atom. The highest BCUT2D eigenvalue weighted by molar-refractivity contribution is 7.23. The van der Waals surface area contributed by atoms with Gasteiger partial charge in [0.05, 0.1) is 28.6 Å². The summed E-state index contributed by atoms with van der Waals surface area (Å²) >= 11 is 1.54. The number of alkyl halides is 1. The standard InChI is InChI=1S/C24H26FN5O2S.H2/c1-32-21-14-20-22(33-24-28-19(15-30(20)24)16-3-8-26-9-4-16)13-18(21)23(31)27-7-2-10-29-11-5-17(25)6-12-29;/h3-4,8-9,13-15,17H,2,5-7,10-12H2,1H3,(H,27,31);1H. The van der Waals surface area contributed by atoms with Crippen molar-refractivity contribution in [2.75, 3.05) is 33.3 Å². The van der Waals surface area contributed by atoms with Crippen LogP contribution in [0.15, 0.2) is 42.9 Å². The molecular formula is C24H28FN5O2S. The highest BCUT2D eigenvalue weighted by Crippen LogP contribution is 2.34. The molecule has 3 aromatic heterocycles. The van der Waals surface area contributed by atoms with Crippen molar-refractivity contribution in [3.05, 3.63) is 48.4 Å². The SMILES string of the molecule is COc1cc2c(cc1C(=O)NCCCN1CCC(F)CC1)sc1nc(-c3ccncc3)cn12.[HH]. The van der Waals surface area contributed by atoms with E-state index in [1.54, 1.807) is 19.5 Å². The quantitative estimate of drug-likeness (QED) is 0.406. The van der Waals surface area contributed by atoms with Crippen LogP contribution in [0.2, 0.25) is 0 Å². The molecule has 0 radical (unpaired) electrons. The van der Waals surface area contributed by atoms with Crippen LogP contribution in [0.1, 0.15) is 31.0 Å². The fraction of sp³-hybridized carbons (Fsp3) is 0.375. The van der Waals surface area contributed by atoms with Gasteiger partial charge in [0.2, 0.25) is 0 Å². The molecule has 5 rings (SSSR count). The van der Waals surface area contributed by atoms with Crippen molar-refractivity contribution in [1.82, 2.24) is 24.6 Å². The van der Waals surface area contributed by atoms with Crippen molar-refractivity contribution >= 4 is 32.4 Å². The maximum absolute atomic E-state index is 13.3. The average molecular weight is 470 g/mol. The minimum atomic E-state index is -0.661. The van der Waals surface area contributed by atoms with Gasteiger partial charge >= 0.3 is 0 Å². The molecule has 1 aliphatic rings. The lowest BCUT2D eigenvalue weighted by Gasteiger charge is -2.28. The van der Waals surface area contributed by atoms with E-state index in [0.717, 1.165) is 52.5 Å². The van der Waals surface area contributed by atoms with Gasteiger partial charge in [0.1, 0.15) is 11.9 Å². The molecular weight excluding hydrogens is 441 g/mol. The molecule has 1 amide bonds. The molecule has 1 fully saturated rings. The van der Waals surface area contributed by atoms with Crippen molar-refractivity contribution in [2.24, 2.45) is 0 Å². The van der Waals surface area contributed by atoms with Crippen molar-refractivity contribution < 1.29 is 15.3 Å². The van der Waals surface area contributed by atoms with Crippen LogP contribution in [0.4, 0.5) is 4.39 Å². The number of rotatable bonds is 7. The Hall–Kier alpha value is -3.04. The molecule has 0 atom stereocenters. The fourth-order valence-corrected chi connectivity index (χ4v) is 5.29. The summed E-state index contributed by atoms with van der Waals surface area (Å²) in [6.45, 7) is 3.02. The van der Waals surface area contributed by atoms with E-state index in [1.807, 2.05) is 34.9 Å². The molecule has 174 valence electrons. The summed E-state index contributed by atoms with van der Waals surface area (Å²) in [5.41, 5.74) is 3.35. The van der Waals surface area contributed by atoms with E-state index in [4.69, 9.17) is 9.72 Å². The summed E-state index contributed by atoms with van der Waals surface area (Å²) in [6.07, 6.45) is 6.88. The van der Waals surface area contributed by atoms with Crippen LogP contribution < -0.4 is 10.1 Å². The van der Waals surface area contributed by atoms with Crippen LogP contribution >= 0.6 is 11.3 Å². The molecule has 4 aromatic rings. The number of likely N-dealkylation sites (tertiary alicyclic amines) is 1. The number of thiazole rings is 1. The molecule has 7 nitrogen and oxygen atoms in total. The van der Waals surface area contributed by atoms with Crippen LogP contribution in [0.5, 0.6) is 5.75 Å². The Labute approximate surface area is 196 Å². The summed E-state index contributed by atoms with van der Waals surface area (Å²) < 4.78 is 21.8. The predicted octanol–water partition coefficient (Wildman–Crippen LogP) is 4.42. The average Bonchev–Trinajstić information content (AvgIpc) is 3.40. The zero-order chi connectivity index (χ0) is 22.8. The van der Waals surface area contributed by atoms with Gasteiger partial charge < -0.3 is 15.0 Å². The lowest BCUT2D eigenvalue weighted by molar-refractivity contribution is 0.0947. The molecule has 4 heterocycles. The molecule has 0 saturated carbocycles. The molecule has 9 heteroatoms. The van der Waals surface area contributed by atoms with Crippen molar-refractivity contribution in [3.8, 4) is 17.0 Å². The van der Waals surface area contributed by atoms with E-state index in [-0.39, 0.29) is 7.33 Å². The van der Waals surface area contributed by atoms with E-state index < -0.39 is 6.17 Å². The predicted molar refractivity (Wildman–Crippen MR) is 130 cm³/mol. The molecule has 1 aromatic carbocycles. The van der Waals surface area contributed by atoms with E-state index >= 15 is 0 Å². The third kappa shape index (κ3) is 4.56. The second kappa shape index (κ2) is 9.44. The number of aromatic nitrogens is 3. The van der Waals surface area contributed by atoms with Crippen LogP contribution in [0.3, 0.4) is 0 Å². The molecule has 0 aliphatic carbocycles. The largest absolute Gasteiger partial charge is 0.496 e. The highest BCUT2D eigenvalue weighted by Gasteiger charge is 2.19. The number of benzene rings is 1. The fourth-order valence-electron chi connectivity index (χ4n) is 4.26.